The molecule has 8 heteroatoms. The van der Waals surface area contributed by atoms with Gasteiger partial charge in [-0.25, -0.2) is 0 Å². The summed E-state index contributed by atoms with van der Waals surface area (Å²) in [5, 5.41) is 11.5. The minimum atomic E-state index is -0.449. The van der Waals surface area contributed by atoms with E-state index < -0.39 is 4.92 Å². The van der Waals surface area contributed by atoms with Crippen molar-refractivity contribution in [3.8, 4) is 0 Å². The lowest BCUT2D eigenvalue weighted by Gasteiger charge is -2.31. The van der Waals surface area contributed by atoms with Crippen molar-refractivity contribution in [3.05, 3.63) is 10.1 Å². The average Bonchev–Trinajstić information content (AvgIpc) is 2.83. The van der Waals surface area contributed by atoms with Gasteiger partial charge in [0.05, 0.1) is 4.92 Å². The summed E-state index contributed by atoms with van der Waals surface area (Å²) < 4.78 is 0. The molecule has 3 rings (SSSR count). The first-order valence-corrected chi connectivity index (χ1v) is 8.88. The minimum Gasteiger partial charge on any atom is -0.378 e. The molecule has 0 bridgehead atoms. The molecular formula is C16H26N6O2. The summed E-state index contributed by atoms with van der Waals surface area (Å²) in [5.41, 5.74) is 5.81. The molecular weight excluding hydrogens is 308 g/mol. The Labute approximate surface area is 142 Å². The predicted octanol–water partition coefficient (Wildman–Crippen LogP) is 2.58. The van der Waals surface area contributed by atoms with Crippen molar-refractivity contribution in [1.82, 2.24) is 9.97 Å². The molecule has 2 N–H and O–H groups in total. The van der Waals surface area contributed by atoms with Crippen LogP contribution in [0.5, 0.6) is 0 Å². The molecule has 0 aliphatic carbocycles. The topological polar surface area (TPSA) is 101 Å². The highest BCUT2D eigenvalue weighted by atomic mass is 16.6. The quantitative estimate of drug-likeness (QED) is 0.669. The zero-order valence-corrected chi connectivity index (χ0v) is 14.3. The molecule has 24 heavy (non-hydrogen) atoms. The Morgan fingerprint density at radius 2 is 1.67 bits per heavy atom. The number of nitrogens with two attached hydrogens (primary N) is 1. The maximum Gasteiger partial charge on any atom is 0.353 e. The number of anilines is 3. The Hall–Kier alpha value is -2.12. The Bertz CT molecular complexity index is 592. The molecule has 1 aromatic rings. The first kappa shape index (κ1) is 16.7. The third-order valence-corrected chi connectivity index (χ3v) is 5.04. The second kappa shape index (κ2) is 7.19. The molecule has 2 aliphatic heterocycles. The van der Waals surface area contributed by atoms with E-state index in [1.807, 2.05) is 4.90 Å². The van der Waals surface area contributed by atoms with Crippen LogP contribution in [-0.2, 0) is 0 Å². The summed E-state index contributed by atoms with van der Waals surface area (Å²) in [7, 11) is 0. The molecule has 0 unspecified atom stereocenters. The van der Waals surface area contributed by atoms with Crippen LogP contribution in [0, 0.1) is 16.0 Å². The van der Waals surface area contributed by atoms with E-state index in [1.54, 1.807) is 0 Å². The van der Waals surface area contributed by atoms with Crippen molar-refractivity contribution in [2.24, 2.45) is 5.92 Å². The molecule has 0 aromatic carbocycles. The predicted molar refractivity (Wildman–Crippen MR) is 94.4 cm³/mol. The van der Waals surface area contributed by atoms with Gasteiger partial charge in [-0.1, -0.05) is 19.8 Å². The Kier molecular flexibility index (Phi) is 5.01. The number of nitrogen functional groups attached to an aromatic ring is 1. The maximum absolute atomic E-state index is 11.5. The third-order valence-electron chi connectivity index (χ3n) is 5.04. The minimum absolute atomic E-state index is 0.0251. The molecule has 2 fully saturated rings. The van der Waals surface area contributed by atoms with Crippen LogP contribution in [-0.4, -0.2) is 41.1 Å². The van der Waals surface area contributed by atoms with Crippen LogP contribution >= 0.6 is 0 Å². The van der Waals surface area contributed by atoms with Gasteiger partial charge in [0.2, 0.25) is 17.6 Å². The van der Waals surface area contributed by atoms with Crippen molar-refractivity contribution in [1.29, 1.82) is 0 Å². The van der Waals surface area contributed by atoms with Gasteiger partial charge in [-0.15, -0.1) is 0 Å². The fourth-order valence-corrected chi connectivity index (χ4v) is 3.48. The lowest BCUT2D eigenvalue weighted by molar-refractivity contribution is -0.383. The Balaban J connectivity index is 1.95. The number of hydrogen-bond donors (Lipinski definition) is 1. The van der Waals surface area contributed by atoms with Gasteiger partial charge in [-0.2, -0.15) is 9.97 Å². The van der Waals surface area contributed by atoms with Crippen LogP contribution < -0.4 is 15.5 Å². The highest BCUT2D eigenvalue weighted by Gasteiger charge is 2.30. The molecule has 0 radical (unpaired) electrons. The van der Waals surface area contributed by atoms with E-state index in [0.717, 1.165) is 51.9 Å². The summed E-state index contributed by atoms with van der Waals surface area (Å²) in [6.45, 7) is 5.53. The van der Waals surface area contributed by atoms with Gasteiger partial charge in [-0.05, 0) is 31.6 Å². The van der Waals surface area contributed by atoms with Gasteiger partial charge in [0.1, 0.15) is 0 Å². The molecule has 3 heterocycles. The molecule has 8 nitrogen and oxygen atoms in total. The smallest absolute Gasteiger partial charge is 0.353 e. The fourth-order valence-electron chi connectivity index (χ4n) is 3.48. The molecule has 132 valence electrons. The average molecular weight is 334 g/mol. The van der Waals surface area contributed by atoms with E-state index in [4.69, 9.17) is 5.73 Å². The molecule has 0 amide bonds. The number of piperidine rings is 1. The van der Waals surface area contributed by atoms with E-state index >= 15 is 0 Å². The van der Waals surface area contributed by atoms with Crippen molar-refractivity contribution >= 4 is 23.3 Å². The maximum atomic E-state index is 11.5. The van der Waals surface area contributed by atoms with Crippen LogP contribution in [0.15, 0.2) is 0 Å². The SMILES string of the molecule is CC1CCN(c2nc(N3CCCCCC3)nc(N)c2[N+](=O)[O-])CC1. The standard InChI is InChI=1S/C16H26N6O2/c1-12-6-10-20(11-7-12)15-13(22(23)24)14(17)18-16(19-15)21-8-4-2-3-5-9-21/h12H,2-11H2,1H3,(H2,17,18,19). The Morgan fingerprint density at radius 3 is 2.25 bits per heavy atom. The van der Waals surface area contributed by atoms with Gasteiger partial charge >= 0.3 is 5.69 Å². The molecule has 1 aromatic heterocycles. The van der Waals surface area contributed by atoms with Crippen molar-refractivity contribution < 1.29 is 4.92 Å². The lowest BCUT2D eigenvalue weighted by Crippen LogP contribution is -2.35. The molecule has 0 saturated carbocycles. The van der Waals surface area contributed by atoms with Crippen molar-refractivity contribution in [2.75, 3.05) is 41.7 Å². The van der Waals surface area contributed by atoms with Crippen LogP contribution in [0.1, 0.15) is 45.4 Å². The first-order valence-electron chi connectivity index (χ1n) is 8.88. The van der Waals surface area contributed by atoms with Crippen LogP contribution in [0.3, 0.4) is 0 Å². The van der Waals surface area contributed by atoms with Gasteiger partial charge in [0, 0.05) is 26.2 Å². The highest BCUT2D eigenvalue weighted by molar-refractivity contribution is 5.71. The van der Waals surface area contributed by atoms with E-state index in [9.17, 15) is 10.1 Å². The largest absolute Gasteiger partial charge is 0.378 e. The molecule has 2 aliphatic rings. The van der Waals surface area contributed by atoms with Crippen molar-refractivity contribution in [3.63, 3.8) is 0 Å². The third kappa shape index (κ3) is 3.52. The number of hydrogen-bond acceptors (Lipinski definition) is 7. The van der Waals surface area contributed by atoms with Crippen LogP contribution in [0.25, 0.3) is 0 Å². The summed E-state index contributed by atoms with van der Waals surface area (Å²) >= 11 is 0. The molecule has 0 atom stereocenters. The lowest BCUT2D eigenvalue weighted by atomic mass is 9.99. The number of aromatic nitrogens is 2. The second-order valence-electron chi connectivity index (χ2n) is 6.91. The Morgan fingerprint density at radius 1 is 1.04 bits per heavy atom. The summed E-state index contributed by atoms with van der Waals surface area (Å²) in [6, 6.07) is 0. The monoisotopic (exact) mass is 334 g/mol. The highest BCUT2D eigenvalue weighted by Crippen LogP contribution is 2.35. The normalized spacial score (nSPS) is 20.0. The van der Waals surface area contributed by atoms with Gasteiger partial charge in [-0.3, -0.25) is 10.1 Å². The number of rotatable bonds is 3. The van der Waals surface area contributed by atoms with E-state index in [2.05, 4.69) is 21.8 Å². The van der Waals surface area contributed by atoms with E-state index in [-0.39, 0.29) is 11.5 Å². The summed E-state index contributed by atoms with van der Waals surface area (Å²) in [5.74, 6) is 1.54. The van der Waals surface area contributed by atoms with Gasteiger partial charge in [0.15, 0.2) is 0 Å². The van der Waals surface area contributed by atoms with E-state index in [0.29, 0.717) is 17.7 Å². The van der Waals surface area contributed by atoms with E-state index in [1.165, 1.54) is 12.8 Å². The number of nitro groups is 1. The first-order chi connectivity index (χ1) is 11.6. The zero-order valence-electron chi connectivity index (χ0n) is 14.3. The second-order valence-corrected chi connectivity index (χ2v) is 6.91. The zero-order chi connectivity index (χ0) is 17.1. The van der Waals surface area contributed by atoms with Crippen molar-refractivity contribution in [2.45, 2.75) is 45.4 Å². The molecule has 2 saturated heterocycles. The summed E-state index contributed by atoms with van der Waals surface area (Å²) in [4.78, 5) is 24.0. The van der Waals surface area contributed by atoms with Gasteiger partial charge in [0.25, 0.3) is 0 Å². The number of nitrogens with zero attached hydrogens (tertiary/aromatic N) is 5. The fraction of sp³-hybridized carbons (Fsp3) is 0.750. The van der Waals surface area contributed by atoms with Crippen LogP contribution in [0.2, 0.25) is 0 Å². The van der Waals surface area contributed by atoms with Gasteiger partial charge < -0.3 is 15.5 Å². The summed E-state index contributed by atoms with van der Waals surface area (Å²) in [6.07, 6.45) is 6.62. The van der Waals surface area contributed by atoms with Crippen LogP contribution in [0.4, 0.5) is 23.3 Å². The molecule has 0 spiro atoms.